The molecule has 0 aliphatic rings. The third kappa shape index (κ3) is 2.42. The van der Waals surface area contributed by atoms with Crippen LogP contribution < -0.4 is 11.1 Å². The Hall–Kier alpha value is -3.26. The molecule has 3 rings (SSSR count). The fourth-order valence-corrected chi connectivity index (χ4v) is 2.05. The Bertz CT molecular complexity index is 785. The van der Waals surface area contributed by atoms with Crippen LogP contribution >= 0.6 is 0 Å². The number of aromatic nitrogens is 2. The molecule has 21 heavy (non-hydrogen) atoms. The smallest absolute Gasteiger partial charge is 0.173 e. The summed E-state index contributed by atoms with van der Waals surface area (Å²) in [7, 11) is 0. The van der Waals surface area contributed by atoms with E-state index in [2.05, 4.69) is 16.5 Å². The molecule has 3 N–H and O–H groups in total. The van der Waals surface area contributed by atoms with E-state index < -0.39 is 0 Å². The van der Waals surface area contributed by atoms with Gasteiger partial charge in [0.2, 0.25) is 0 Å². The largest absolute Gasteiger partial charge is 0.382 e. The van der Waals surface area contributed by atoms with E-state index >= 15 is 0 Å². The topological polar surface area (TPSA) is 79.7 Å². The van der Waals surface area contributed by atoms with Crippen LogP contribution in [-0.4, -0.2) is 9.78 Å². The van der Waals surface area contributed by atoms with Crippen LogP contribution in [0.2, 0.25) is 0 Å². The van der Waals surface area contributed by atoms with E-state index in [1.54, 1.807) is 4.68 Å². The standard InChI is InChI=1S/C16H13N5/c17-11-14-15(18)21(13-9-5-2-6-10-13)20-16(14)19-12-7-3-1-4-8-12/h1-10H,18H2,(H,19,20). The average molecular weight is 275 g/mol. The molecule has 0 spiro atoms. The first kappa shape index (κ1) is 12.8. The highest BCUT2D eigenvalue weighted by Gasteiger charge is 2.16. The molecule has 0 unspecified atom stereocenters. The monoisotopic (exact) mass is 275 g/mol. The van der Waals surface area contributed by atoms with Crippen LogP contribution in [0.4, 0.5) is 17.3 Å². The van der Waals surface area contributed by atoms with Gasteiger partial charge in [0.1, 0.15) is 17.5 Å². The van der Waals surface area contributed by atoms with Crippen molar-refractivity contribution in [2.75, 3.05) is 11.1 Å². The lowest BCUT2D eigenvalue weighted by Gasteiger charge is -2.03. The van der Waals surface area contributed by atoms with Crippen LogP contribution in [0.15, 0.2) is 60.7 Å². The Labute approximate surface area is 122 Å². The lowest BCUT2D eigenvalue weighted by atomic mass is 10.3. The summed E-state index contributed by atoms with van der Waals surface area (Å²) in [6.45, 7) is 0. The summed E-state index contributed by atoms with van der Waals surface area (Å²) >= 11 is 0. The minimum atomic E-state index is 0.321. The van der Waals surface area contributed by atoms with Crippen LogP contribution in [-0.2, 0) is 0 Å². The van der Waals surface area contributed by atoms with E-state index in [1.165, 1.54) is 0 Å². The summed E-state index contributed by atoms with van der Waals surface area (Å²) in [5.74, 6) is 0.771. The van der Waals surface area contributed by atoms with Crippen molar-refractivity contribution in [2.45, 2.75) is 0 Å². The second-order valence-electron chi connectivity index (χ2n) is 4.46. The first-order chi connectivity index (χ1) is 10.3. The van der Waals surface area contributed by atoms with Gasteiger partial charge in [0.05, 0.1) is 5.69 Å². The van der Waals surface area contributed by atoms with Crippen molar-refractivity contribution >= 4 is 17.3 Å². The number of anilines is 3. The Balaban J connectivity index is 2.04. The number of hydrogen-bond donors (Lipinski definition) is 2. The van der Waals surface area contributed by atoms with Crippen LogP contribution in [0.5, 0.6) is 0 Å². The zero-order valence-corrected chi connectivity index (χ0v) is 11.2. The molecule has 0 saturated heterocycles. The molecule has 0 amide bonds. The molecule has 0 aliphatic heterocycles. The van der Waals surface area contributed by atoms with Gasteiger partial charge in [-0.15, -0.1) is 5.10 Å². The summed E-state index contributed by atoms with van der Waals surface area (Å²) in [6.07, 6.45) is 0. The van der Waals surface area contributed by atoms with Crippen molar-refractivity contribution in [3.8, 4) is 11.8 Å². The maximum atomic E-state index is 9.31. The van der Waals surface area contributed by atoms with Gasteiger partial charge in [0.15, 0.2) is 5.82 Å². The zero-order valence-electron chi connectivity index (χ0n) is 11.2. The average Bonchev–Trinajstić information content (AvgIpc) is 2.85. The number of rotatable bonds is 3. The van der Waals surface area contributed by atoms with Crippen molar-refractivity contribution in [3.63, 3.8) is 0 Å². The number of benzene rings is 2. The van der Waals surface area contributed by atoms with Crippen molar-refractivity contribution < 1.29 is 0 Å². The zero-order chi connectivity index (χ0) is 14.7. The number of nitriles is 1. The van der Waals surface area contributed by atoms with Crippen molar-refractivity contribution in [2.24, 2.45) is 0 Å². The fraction of sp³-hybridized carbons (Fsp3) is 0. The molecular weight excluding hydrogens is 262 g/mol. The summed E-state index contributed by atoms with van der Waals surface area (Å²) in [5, 5.41) is 16.8. The van der Waals surface area contributed by atoms with E-state index in [4.69, 9.17) is 5.73 Å². The highest BCUT2D eigenvalue weighted by Crippen LogP contribution is 2.26. The lowest BCUT2D eigenvalue weighted by Crippen LogP contribution is -2.02. The van der Waals surface area contributed by atoms with Gasteiger partial charge < -0.3 is 11.1 Å². The molecule has 0 aliphatic carbocycles. The minimum Gasteiger partial charge on any atom is -0.382 e. The highest BCUT2D eigenvalue weighted by molar-refractivity contribution is 5.70. The van der Waals surface area contributed by atoms with Crippen LogP contribution in [0.3, 0.4) is 0 Å². The first-order valence-electron chi connectivity index (χ1n) is 6.45. The lowest BCUT2D eigenvalue weighted by molar-refractivity contribution is 0.895. The van der Waals surface area contributed by atoms with Crippen molar-refractivity contribution in [1.82, 2.24) is 9.78 Å². The van der Waals surface area contributed by atoms with Gasteiger partial charge in [-0.05, 0) is 24.3 Å². The normalized spacial score (nSPS) is 10.0. The van der Waals surface area contributed by atoms with Gasteiger partial charge in [-0.3, -0.25) is 0 Å². The van der Waals surface area contributed by atoms with E-state index in [-0.39, 0.29) is 0 Å². The number of nitrogens with two attached hydrogens (primary N) is 1. The van der Waals surface area contributed by atoms with E-state index in [0.717, 1.165) is 11.4 Å². The Morgan fingerprint density at radius 1 is 1.00 bits per heavy atom. The van der Waals surface area contributed by atoms with E-state index in [1.807, 2.05) is 60.7 Å². The predicted molar refractivity (Wildman–Crippen MR) is 82.4 cm³/mol. The molecule has 5 nitrogen and oxygen atoms in total. The van der Waals surface area contributed by atoms with Gasteiger partial charge in [-0.2, -0.15) is 5.26 Å². The number of nitrogen functional groups attached to an aromatic ring is 1. The fourth-order valence-electron chi connectivity index (χ4n) is 2.05. The molecule has 1 heterocycles. The maximum Gasteiger partial charge on any atom is 0.173 e. The van der Waals surface area contributed by atoms with Gasteiger partial charge in [0.25, 0.3) is 0 Å². The summed E-state index contributed by atoms with van der Waals surface area (Å²) in [6, 6.07) is 21.1. The van der Waals surface area contributed by atoms with Crippen molar-refractivity contribution in [1.29, 1.82) is 5.26 Å². The predicted octanol–water partition coefficient (Wildman–Crippen LogP) is 3.07. The van der Waals surface area contributed by atoms with Gasteiger partial charge in [-0.25, -0.2) is 4.68 Å². The maximum absolute atomic E-state index is 9.31. The first-order valence-corrected chi connectivity index (χ1v) is 6.45. The third-order valence-electron chi connectivity index (χ3n) is 3.07. The summed E-state index contributed by atoms with van der Waals surface area (Å²) < 4.78 is 1.56. The molecule has 1 aromatic heterocycles. The van der Waals surface area contributed by atoms with Crippen LogP contribution in [0.1, 0.15) is 5.56 Å². The van der Waals surface area contributed by atoms with Gasteiger partial charge in [0, 0.05) is 5.69 Å². The highest BCUT2D eigenvalue weighted by atomic mass is 15.3. The SMILES string of the molecule is N#Cc1c(Nc2ccccc2)nn(-c2ccccc2)c1N. The second kappa shape index (κ2) is 5.39. The minimum absolute atomic E-state index is 0.321. The molecule has 3 aromatic rings. The number of nitrogens with one attached hydrogen (secondary N) is 1. The Kier molecular flexibility index (Phi) is 3.27. The molecule has 5 heteroatoms. The molecule has 2 aromatic carbocycles. The number of nitrogens with zero attached hydrogens (tertiary/aromatic N) is 3. The van der Waals surface area contributed by atoms with Gasteiger partial charge >= 0.3 is 0 Å². The molecular formula is C16H13N5. The second-order valence-corrected chi connectivity index (χ2v) is 4.46. The Morgan fingerprint density at radius 3 is 2.24 bits per heavy atom. The van der Waals surface area contributed by atoms with Gasteiger partial charge in [-0.1, -0.05) is 36.4 Å². The van der Waals surface area contributed by atoms with Crippen molar-refractivity contribution in [3.05, 3.63) is 66.2 Å². The summed E-state index contributed by atoms with van der Waals surface area (Å²) in [5.41, 5.74) is 8.04. The number of hydrogen-bond acceptors (Lipinski definition) is 4. The van der Waals surface area contributed by atoms with Crippen LogP contribution in [0.25, 0.3) is 5.69 Å². The molecule has 0 atom stereocenters. The third-order valence-corrected chi connectivity index (χ3v) is 3.07. The molecule has 0 saturated carbocycles. The summed E-state index contributed by atoms with van der Waals surface area (Å²) in [4.78, 5) is 0. The molecule has 0 radical (unpaired) electrons. The van der Waals surface area contributed by atoms with E-state index in [0.29, 0.717) is 17.2 Å². The quantitative estimate of drug-likeness (QED) is 0.769. The Morgan fingerprint density at radius 2 is 1.62 bits per heavy atom. The molecule has 102 valence electrons. The molecule has 0 fully saturated rings. The molecule has 0 bridgehead atoms. The van der Waals surface area contributed by atoms with Crippen LogP contribution in [0, 0.1) is 11.3 Å². The van der Waals surface area contributed by atoms with E-state index in [9.17, 15) is 5.26 Å². The number of para-hydroxylation sites is 2.